The Balaban J connectivity index is 1.92. The van der Waals surface area contributed by atoms with Crippen molar-refractivity contribution in [1.82, 2.24) is 19.7 Å². The van der Waals surface area contributed by atoms with E-state index in [1.807, 2.05) is 17.7 Å². The third-order valence-corrected chi connectivity index (χ3v) is 3.81. The first-order chi connectivity index (χ1) is 12.2. The largest absolute Gasteiger partial charge is 0.493 e. The second kappa shape index (κ2) is 7.25. The van der Waals surface area contributed by atoms with Crippen LogP contribution in [0.5, 0.6) is 17.2 Å². The lowest BCUT2D eigenvalue weighted by molar-refractivity contribution is 0.324. The van der Waals surface area contributed by atoms with Gasteiger partial charge < -0.3 is 23.3 Å². The second-order valence-corrected chi connectivity index (χ2v) is 5.25. The molecule has 0 spiro atoms. The fourth-order valence-corrected chi connectivity index (χ4v) is 2.59. The maximum Gasteiger partial charge on any atom is 0.246 e. The summed E-state index contributed by atoms with van der Waals surface area (Å²) >= 11 is 0. The minimum Gasteiger partial charge on any atom is -0.493 e. The number of methoxy groups -OCH3 is 3. The van der Waals surface area contributed by atoms with Crippen LogP contribution in [0.1, 0.15) is 18.6 Å². The average molecular weight is 344 g/mol. The quantitative estimate of drug-likeness (QED) is 0.651. The maximum atomic E-state index is 5.37. The van der Waals surface area contributed by atoms with Gasteiger partial charge in [-0.15, -0.1) is 0 Å². The number of ether oxygens (including phenoxy) is 3. The molecular formula is C17H20N4O4. The molecule has 3 aromatic rings. The Morgan fingerprint density at radius 2 is 1.80 bits per heavy atom. The van der Waals surface area contributed by atoms with Crippen LogP contribution in [0.25, 0.3) is 11.4 Å². The van der Waals surface area contributed by atoms with Gasteiger partial charge in [-0.2, -0.15) is 4.98 Å². The van der Waals surface area contributed by atoms with E-state index in [1.165, 1.54) is 0 Å². The van der Waals surface area contributed by atoms with Crippen LogP contribution in [-0.2, 0) is 13.0 Å². The summed E-state index contributed by atoms with van der Waals surface area (Å²) in [5, 5.41) is 4.06. The normalized spacial score (nSPS) is 10.7. The number of hydrogen-bond donors (Lipinski definition) is 0. The summed E-state index contributed by atoms with van der Waals surface area (Å²) in [5.41, 5.74) is 0.714. The first kappa shape index (κ1) is 16.8. The van der Waals surface area contributed by atoms with E-state index in [1.54, 1.807) is 39.7 Å². The van der Waals surface area contributed by atoms with E-state index >= 15 is 0 Å². The fourth-order valence-electron chi connectivity index (χ4n) is 2.59. The van der Waals surface area contributed by atoms with Crippen LogP contribution in [0.2, 0.25) is 0 Å². The number of imidazole rings is 1. The summed E-state index contributed by atoms with van der Waals surface area (Å²) in [6.07, 6.45) is 4.48. The highest BCUT2D eigenvalue weighted by Crippen LogP contribution is 2.40. The van der Waals surface area contributed by atoms with Gasteiger partial charge in [-0.1, -0.05) is 12.1 Å². The molecule has 8 nitrogen and oxygen atoms in total. The van der Waals surface area contributed by atoms with Crippen molar-refractivity contribution in [2.75, 3.05) is 21.3 Å². The van der Waals surface area contributed by atoms with Crippen LogP contribution in [0.4, 0.5) is 0 Å². The minimum absolute atomic E-state index is 0.451. The summed E-state index contributed by atoms with van der Waals surface area (Å²) < 4.78 is 23.4. The molecule has 132 valence electrons. The number of aryl methyl sites for hydroxylation is 1. The molecule has 0 aliphatic rings. The number of aromatic nitrogens is 4. The molecule has 0 N–H and O–H groups in total. The molecule has 3 rings (SSSR count). The molecule has 0 bridgehead atoms. The molecule has 0 amide bonds. The molecule has 0 fully saturated rings. The lowest BCUT2D eigenvalue weighted by Gasteiger charge is -2.12. The van der Waals surface area contributed by atoms with E-state index in [4.69, 9.17) is 18.7 Å². The number of rotatable bonds is 7. The molecule has 25 heavy (non-hydrogen) atoms. The van der Waals surface area contributed by atoms with Crippen molar-refractivity contribution >= 4 is 0 Å². The van der Waals surface area contributed by atoms with Crippen molar-refractivity contribution in [3.05, 3.63) is 36.2 Å². The molecule has 1 aromatic carbocycles. The van der Waals surface area contributed by atoms with Crippen LogP contribution >= 0.6 is 0 Å². The lowest BCUT2D eigenvalue weighted by Crippen LogP contribution is -2.03. The Morgan fingerprint density at radius 3 is 2.40 bits per heavy atom. The van der Waals surface area contributed by atoms with Gasteiger partial charge in [0.15, 0.2) is 11.5 Å². The van der Waals surface area contributed by atoms with Gasteiger partial charge in [-0.25, -0.2) is 4.98 Å². The monoisotopic (exact) mass is 344 g/mol. The molecule has 0 unspecified atom stereocenters. The van der Waals surface area contributed by atoms with E-state index < -0.39 is 0 Å². The molecule has 0 aliphatic heterocycles. The third-order valence-electron chi connectivity index (χ3n) is 3.81. The Labute approximate surface area is 145 Å². The summed E-state index contributed by atoms with van der Waals surface area (Å²) in [6, 6.07) is 3.56. The van der Waals surface area contributed by atoms with Crippen molar-refractivity contribution in [3.63, 3.8) is 0 Å². The van der Waals surface area contributed by atoms with Gasteiger partial charge in [0.05, 0.1) is 21.3 Å². The van der Waals surface area contributed by atoms with Gasteiger partial charge >= 0.3 is 0 Å². The predicted octanol–water partition coefficient (Wildman–Crippen LogP) is 2.57. The number of nitrogens with zero attached hydrogens (tertiary/aromatic N) is 4. The summed E-state index contributed by atoms with van der Waals surface area (Å²) in [7, 11) is 4.69. The number of benzene rings is 1. The standard InChI is InChI=1S/C17H20N4O4/c1-5-14-18-6-7-21(14)10-15-19-17(20-25-15)11-8-12(22-2)16(24-4)13(9-11)23-3/h6-9H,5,10H2,1-4H3. The molecular weight excluding hydrogens is 324 g/mol. The van der Waals surface area contributed by atoms with E-state index in [0.29, 0.717) is 41.1 Å². The van der Waals surface area contributed by atoms with Crippen LogP contribution < -0.4 is 14.2 Å². The molecule has 0 radical (unpaired) electrons. The zero-order valence-corrected chi connectivity index (χ0v) is 14.6. The van der Waals surface area contributed by atoms with Gasteiger partial charge in [0, 0.05) is 24.4 Å². The first-order valence-electron chi connectivity index (χ1n) is 7.83. The van der Waals surface area contributed by atoms with E-state index in [0.717, 1.165) is 12.2 Å². The molecule has 2 aromatic heterocycles. The highest BCUT2D eigenvalue weighted by Gasteiger charge is 2.17. The van der Waals surface area contributed by atoms with Crippen LogP contribution in [-0.4, -0.2) is 41.0 Å². The van der Waals surface area contributed by atoms with Gasteiger partial charge in [0.25, 0.3) is 0 Å². The molecule has 0 aliphatic carbocycles. The van der Waals surface area contributed by atoms with Crippen molar-refractivity contribution in [2.45, 2.75) is 19.9 Å². The van der Waals surface area contributed by atoms with Crippen molar-refractivity contribution < 1.29 is 18.7 Å². The second-order valence-electron chi connectivity index (χ2n) is 5.25. The lowest BCUT2D eigenvalue weighted by atomic mass is 10.1. The Kier molecular flexibility index (Phi) is 4.87. The average Bonchev–Trinajstić information content (AvgIpc) is 3.29. The third kappa shape index (κ3) is 3.28. The van der Waals surface area contributed by atoms with Crippen molar-refractivity contribution in [1.29, 1.82) is 0 Å². The highest BCUT2D eigenvalue weighted by atomic mass is 16.5. The van der Waals surface area contributed by atoms with E-state index in [-0.39, 0.29) is 0 Å². The zero-order chi connectivity index (χ0) is 17.8. The zero-order valence-electron chi connectivity index (χ0n) is 14.6. The topological polar surface area (TPSA) is 84.4 Å². The van der Waals surface area contributed by atoms with Gasteiger partial charge in [0.1, 0.15) is 12.4 Å². The van der Waals surface area contributed by atoms with Gasteiger partial charge in [0.2, 0.25) is 17.5 Å². The van der Waals surface area contributed by atoms with Gasteiger partial charge in [-0.3, -0.25) is 0 Å². The Bertz CT molecular complexity index is 831. The summed E-state index contributed by atoms with van der Waals surface area (Å²) in [6.45, 7) is 2.52. The predicted molar refractivity (Wildman–Crippen MR) is 90.1 cm³/mol. The van der Waals surface area contributed by atoms with Crippen LogP contribution in [0, 0.1) is 0 Å². The van der Waals surface area contributed by atoms with Crippen molar-refractivity contribution in [3.8, 4) is 28.6 Å². The summed E-state index contributed by atoms with van der Waals surface area (Å²) in [4.78, 5) is 8.75. The molecule has 2 heterocycles. The Hall–Kier alpha value is -3.03. The molecule has 0 saturated heterocycles. The number of hydrogen-bond acceptors (Lipinski definition) is 7. The Morgan fingerprint density at radius 1 is 1.08 bits per heavy atom. The molecule has 8 heteroatoms. The van der Waals surface area contributed by atoms with Crippen molar-refractivity contribution in [2.24, 2.45) is 0 Å². The molecule has 0 saturated carbocycles. The van der Waals surface area contributed by atoms with Crippen LogP contribution in [0.15, 0.2) is 29.0 Å². The van der Waals surface area contributed by atoms with E-state index in [2.05, 4.69) is 15.1 Å². The maximum absolute atomic E-state index is 5.37. The molecule has 0 atom stereocenters. The van der Waals surface area contributed by atoms with E-state index in [9.17, 15) is 0 Å². The first-order valence-corrected chi connectivity index (χ1v) is 7.83. The smallest absolute Gasteiger partial charge is 0.246 e. The fraction of sp³-hybridized carbons (Fsp3) is 0.353. The SMILES string of the molecule is CCc1nccn1Cc1nc(-c2cc(OC)c(OC)c(OC)c2)no1. The summed E-state index contributed by atoms with van der Waals surface area (Å²) in [5.74, 6) is 3.50. The minimum atomic E-state index is 0.451. The highest BCUT2D eigenvalue weighted by molar-refractivity contribution is 5.66. The van der Waals surface area contributed by atoms with Crippen LogP contribution in [0.3, 0.4) is 0 Å². The van der Waals surface area contributed by atoms with Gasteiger partial charge in [-0.05, 0) is 12.1 Å².